The molecule has 1 unspecified atom stereocenters. The van der Waals surface area contributed by atoms with Crippen molar-refractivity contribution < 1.29 is 9.53 Å². The fourth-order valence-electron chi connectivity index (χ4n) is 3.75. The zero-order chi connectivity index (χ0) is 24.3. The molecule has 1 heterocycles. The predicted molar refractivity (Wildman–Crippen MR) is 132 cm³/mol. The van der Waals surface area contributed by atoms with E-state index in [0.29, 0.717) is 34.7 Å². The molecule has 1 aromatic heterocycles. The highest BCUT2D eigenvalue weighted by atomic mass is 16.5. The first-order valence-electron chi connectivity index (χ1n) is 11.3. The predicted octanol–water partition coefficient (Wildman–Crippen LogP) is 4.92. The van der Waals surface area contributed by atoms with Gasteiger partial charge in [0.1, 0.15) is 11.6 Å². The summed E-state index contributed by atoms with van der Waals surface area (Å²) in [7, 11) is 1.60. The lowest BCUT2D eigenvalue weighted by atomic mass is 10.1. The number of methoxy groups -OCH3 is 1. The molecule has 33 heavy (non-hydrogen) atoms. The van der Waals surface area contributed by atoms with Gasteiger partial charge in [0.15, 0.2) is 0 Å². The Kier molecular flexibility index (Phi) is 7.10. The number of urea groups is 1. The van der Waals surface area contributed by atoms with Crippen molar-refractivity contribution in [2.24, 2.45) is 5.92 Å². The molecule has 0 bridgehead atoms. The smallest absolute Gasteiger partial charge is 0.318 e. The van der Waals surface area contributed by atoms with Crippen molar-refractivity contribution in [1.82, 2.24) is 19.8 Å². The van der Waals surface area contributed by atoms with E-state index in [-0.39, 0.29) is 17.5 Å². The highest BCUT2D eigenvalue weighted by molar-refractivity contribution is 5.78. The summed E-state index contributed by atoms with van der Waals surface area (Å²) in [6, 6.07) is 13.9. The van der Waals surface area contributed by atoms with E-state index in [1.165, 1.54) is 0 Å². The fourth-order valence-corrected chi connectivity index (χ4v) is 3.75. The van der Waals surface area contributed by atoms with Crippen molar-refractivity contribution in [1.29, 1.82) is 0 Å². The average Bonchev–Trinajstić information content (AvgIpc) is 2.76. The van der Waals surface area contributed by atoms with Gasteiger partial charge in [0, 0.05) is 12.1 Å². The third-order valence-electron chi connectivity index (χ3n) is 5.28. The summed E-state index contributed by atoms with van der Waals surface area (Å²) >= 11 is 0. The zero-order valence-electron chi connectivity index (χ0n) is 20.5. The molecule has 1 atom stereocenters. The van der Waals surface area contributed by atoms with Crippen molar-refractivity contribution in [3.63, 3.8) is 0 Å². The van der Waals surface area contributed by atoms with E-state index in [1.54, 1.807) is 22.6 Å². The van der Waals surface area contributed by atoms with Gasteiger partial charge in [-0.1, -0.05) is 26.0 Å². The summed E-state index contributed by atoms with van der Waals surface area (Å²) in [6.45, 7) is 12.4. The number of carbonyl (C=O) groups is 1. The highest BCUT2D eigenvalue weighted by Gasteiger charge is 2.29. The van der Waals surface area contributed by atoms with Gasteiger partial charge in [0.05, 0.1) is 29.7 Å². The first-order chi connectivity index (χ1) is 15.5. The zero-order valence-corrected chi connectivity index (χ0v) is 20.5. The molecular formula is C26H34N4O3. The molecular weight excluding hydrogens is 416 g/mol. The van der Waals surface area contributed by atoms with Crippen LogP contribution in [0.3, 0.4) is 0 Å². The van der Waals surface area contributed by atoms with Gasteiger partial charge in [-0.3, -0.25) is 9.36 Å². The molecule has 3 rings (SSSR count). The molecule has 7 heteroatoms. The summed E-state index contributed by atoms with van der Waals surface area (Å²) in [5.41, 5.74) is 0.711. The normalized spacial score (nSPS) is 12.6. The largest absolute Gasteiger partial charge is 0.497 e. The second-order valence-corrected chi connectivity index (χ2v) is 9.73. The molecule has 0 aliphatic rings. The number of ether oxygens (including phenoxy) is 1. The van der Waals surface area contributed by atoms with Crippen LogP contribution in [0.1, 0.15) is 53.4 Å². The number of aromatic nitrogens is 2. The maximum atomic E-state index is 13.6. The molecule has 0 fully saturated rings. The van der Waals surface area contributed by atoms with Crippen molar-refractivity contribution in [3.8, 4) is 11.4 Å². The maximum Gasteiger partial charge on any atom is 0.318 e. The SMILES string of the molecule is COc1ccc(-n2c(C(C)N(CC(C)C)C(=O)NC(C)(C)C)nc3ccccc3c2=O)cc1. The van der Waals surface area contributed by atoms with Crippen LogP contribution in [0.25, 0.3) is 16.6 Å². The Hall–Kier alpha value is -3.35. The van der Waals surface area contributed by atoms with Crippen LogP contribution in [0.15, 0.2) is 53.3 Å². The average molecular weight is 451 g/mol. The van der Waals surface area contributed by atoms with E-state index in [9.17, 15) is 9.59 Å². The number of hydrogen-bond acceptors (Lipinski definition) is 4. The van der Waals surface area contributed by atoms with E-state index in [1.807, 2.05) is 70.2 Å². The minimum absolute atomic E-state index is 0.173. The number of nitrogens with zero attached hydrogens (tertiary/aromatic N) is 3. The van der Waals surface area contributed by atoms with E-state index in [2.05, 4.69) is 19.2 Å². The number of para-hydroxylation sites is 1. The van der Waals surface area contributed by atoms with Crippen molar-refractivity contribution in [2.45, 2.75) is 53.1 Å². The van der Waals surface area contributed by atoms with Crippen LogP contribution in [0.5, 0.6) is 5.75 Å². The number of carbonyl (C=O) groups excluding carboxylic acids is 1. The van der Waals surface area contributed by atoms with Gasteiger partial charge in [0.2, 0.25) is 0 Å². The second-order valence-electron chi connectivity index (χ2n) is 9.73. The number of amides is 2. The Morgan fingerprint density at radius 2 is 1.73 bits per heavy atom. The van der Waals surface area contributed by atoms with Gasteiger partial charge in [-0.15, -0.1) is 0 Å². The van der Waals surface area contributed by atoms with Gasteiger partial charge in [-0.2, -0.15) is 0 Å². The van der Waals surface area contributed by atoms with Gasteiger partial charge in [0.25, 0.3) is 5.56 Å². The van der Waals surface area contributed by atoms with Gasteiger partial charge >= 0.3 is 6.03 Å². The summed E-state index contributed by atoms with van der Waals surface area (Å²) < 4.78 is 6.88. The molecule has 1 N–H and O–H groups in total. The van der Waals surface area contributed by atoms with Crippen molar-refractivity contribution in [2.75, 3.05) is 13.7 Å². The van der Waals surface area contributed by atoms with Crippen LogP contribution in [-0.4, -0.2) is 39.7 Å². The van der Waals surface area contributed by atoms with Gasteiger partial charge in [-0.05, 0) is 70.0 Å². The molecule has 0 radical (unpaired) electrons. The quantitative estimate of drug-likeness (QED) is 0.578. The number of benzene rings is 2. The summed E-state index contributed by atoms with van der Waals surface area (Å²) in [6.07, 6.45) is 0. The first kappa shape index (κ1) is 24.3. The molecule has 0 aliphatic heterocycles. The Balaban J connectivity index is 2.21. The van der Waals surface area contributed by atoms with Crippen LogP contribution in [-0.2, 0) is 0 Å². The van der Waals surface area contributed by atoms with Crippen LogP contribution < -0.4 is 15.6 Å². The Morgan fingerprint density at radius 1 is 1.09 bits per heavy atom. The van der Waals surface area contributed by atoms with Gasteiger partial charge < -0.3 is 15.0 Å². The Bertz CT molecular complexity index is 1180. The Morgan fingerprint density at radius 3 is 2.30 bits per heavy atom. The topological polar surface area (TPSA) is 76.5 Å². The molecule has 0 saturated carbocycles. The van der Waals surface area contributed by atoms with Crippen LogP contribution in [0.4, 0.5) is 4.79 Å². The molecule has 7 nitrogen and oxygen atoms in total. The molecule has 0 aliphatic carbocycles. The van der Waals surface area contributed by atoms with E-state index < -0.39 is 11.6 Å². The van der Waals surface area contributed by atoms with E-state index in [4.69, 9.17) is 9.72 Å². The van der Waals surface area contributed by atoms with Crippen molar-refractivity contribution in [3.05, 3.63) is 64.7 Å². The van der Waals surface area contributed by atoms with Crippen molar-refractivity contribution >= 4 is 16.9 Å². The molecule has 2 amide bonds. The fraction of sp³-hybridized carbons (Fsp3) is 0.423. The van der Waals surface area contributed by atoms with Gasteiger partial charge in [-0.25, -0.2) is 9.78 Å². The van der Waals surface area contributed by atoms with Crippen LogP contribution in [0.2, 0.25) is 0 Å². The molecule has 176 valence electrons. The van der Waals surface area contributed by atoms with E-state index in [0.717, 1.165) is 0 Å². The number of rotatable bonds is 6. The lowest BCUT2D eigenvalue weighted by Crippen LogP contribution is -2.50. The minimum Gasteiger partial charge on any atom is -0.497 e. The Labute approximate surface area is 195 Å². The van der Waals surface area contributed by atoms with Crippen LogP contribution in [0, 0.1) is 5.92 Å². The minimum atomic E-state index is -0.450. The number of hydrogen-bond donors (Lipinski definition) is 1. The molecule has 0 spiro atoms. The third-order valence-corrected chi connectivity index (χ3v) is 5.28. The van der Waals surface area contributed by atoms with E-state index >= 15 is 0 Å². The third kappa shape index (κ3) is 5.53. The standard InChI is InChI=1S/C26H34N4O3/c1-17(2)16-29(25(32)28-26(4,5)6)18(3)23-27-22-11-9-8-10-21(22)24(31)30(23)19-12-14-20(33-7)15-13-19/h8-15,17-18H,16H2,1-7H3,(H,28,32). The molecule has 0 saturated heterocycles. The second kappa shape index (κ2) is 9.65. The lowest BCUT2D eigenvalue weighted by Gasteiger charge is -2.34. The summed E-state index contributed by atoms with van der Waals surface area (Å²) in [5.74, 6) is 1.44. The maximum absolute atomic E-state index is 13.6. The summed E-state index contributed by atoms with van der Waals surface area (Å²) in [5, 5.41) is 3.58. The summed E-state index contributed by atoms with van der Waals surface area (Å²) in [4.78, 5) is 33.5. The monoisotopic (exact) mass is 450 g/mol. The number of nitrogens with one attached hydrogen (secondary N) is 1. The highest BCUT2D eigenvalue weighted by Crippen LogP contribution is 2.25. The van der Waals surface area contributed by atoms with Crippen LogP contribution >= 0.6 is 0 Å². The molecule has 3 aromatic rings. The molecule has 2 aromatic carbocycles. The number of fused-ring (bicyclic) bond motifs is 1. The first-order valence-corrected chi connectivity index (χ1v) is 11.3. The lowest BCUT2D eigenvalue weighted by molar-refractivity contribution is 0.158.